The van der Waals surface area contributed by atoms with Gasteiger partial charge in [-0.2, -0.15) is 0 Å². The fraction of sp³-hybridized carbons (Fsp3) is 0.500. The Morgan fingerprint density at radius 2 is 2.06 bits per heavy atom. The van der Waals surface area contributed by atoms with E-state index in [9.17, 15) is 0 Å². The van der Waals surface area contributed by atoms with Crippen molar-refractivity contribution in [3.63, 3.8) is 0 Å². The number of halogens is 2. The minimum Gasteiger partial charge on any atom is -0.496 e. The van der Waals surface area contributed by atoms with Gasteiger partial charge >= 0.3 is 0 Å². The first kappa shape index (κ1) is 13.7. The van der Waals surface area contributed by atoms with Crippen LogP contribution in [0.5, 0.6) is 11.5 Å². The Balaban J connectivity index is 3.28. The smallest absolute Gasteiger partial charge is 0.131 e. The van der Waals surface area contributed by atoms with Crippen LogP contribution in [-0.4, -0.2) is 13.2 Å². The third-order valence-corrected chi connectivity index (χ3v) is 3.21. The zero-order valence-electron chi connectivity index (χ0n) is 9.93. The van der Waals surface area contributed by atoms with Gasteiger partial charge in [-0.1, -0.05) is 15.9 Å². The molecule has 0 aliphatic heterocycles. The number of hydrogen-bond acceptors (Lipinski definition) is 2. The highest BCUT2D eigenvalue weighted by atomic mass is 79.9. The summed E-state index contributed by atoms with van der Waals surface area (Å²) in [5.41, 5.74) is 1.94. The van der Waals surface area contributed by atoms with Gasteiger partial charge in [0.15, 0.2) is 0 Å². The molecule has 0 N–H and O–H groups in total. The van der Waals surface area contributed by atoms with E-state index in [1.807, 2.05) is 26.8 Å². The van der Waals surface area contributed by atoms with Crippen molar-refractivity contribution in [3.8, 4) is 11.5 Å². The molecule has 0 fully saturated rings. The summed E-state index contributed by atoms with van der Waals surface area (Å²) < 4.78 is 12.0. The summed E-state index contributed by atoms with van der Waals surface area (Å²) >= 11 is 9.37. The Labute approximate surface area is 110 Å². The quantitative estimate of drug-likeness (QED) is 0.773. The van der Waals surface area contributed by atoms with E-state index >= 15 is 0 Å². The first-order valence-corrected chi connectivity index (χ1v) is 6.42. The zero-order valence-corrected chi connectivity index (χ0v) is 12.3. The van der Waals surface area contributed by atoms with Gasteiger partial charge in [-0.3, -0.25) is 0 Å². The van der Waals surface area contributed by atoms with E-state index in [4.69, 9.17) is 21.1 Å². The first-order valence-electron chi connectivity index (χ1n) is 5.09. The average Bonchev–Trinajstić information content (AvgIpc) is 2.21. The first-order chi connectivity index (χ1) is 7.51. The van der Waals surface area contributed by atoms with Crippen LogP contribution in [-0.2, 0) is 5.88 Å². The molecule has 0 saturated carbocycles. The van der Waals surface area contributed by atoms with Crippen molar-refractivity contribution in [2.75, 3.05) is 7.11 Å². The van der Waals surface area contributed by atoms with Crippen molar-refractivity contribution in [2.24, 2.45) is 0 Å². The molecular weight excluding hydrogens is 291 g/mol. The van der Waals surface area contributed by atoms with Crippen LogP contribution in [0.2, 0.25) is 0 Å². The lowest BCUT2D eigenvalue weighted by Gasteiger charge is -2.18. The second kappa shape index (κ2) is 5.78. The maximum absolute atomic E-state index is 5.90. The predicted octanol–water partition coefficient (Wildman–Crippen LogP) is 4.29. The molecule has 0 heterocycles. The van der Waals surface area contributed by atoms with Crippen LogP contribution in [0.1, 0.15) is 25.0 Å². The summed E-state index contributed by atoms with van der Waals surface area (Å²) in [5, 5.41) is 0. The topological polar surface area (TPSA) is 18.5 Å². The van der Waals surface area contributed by atoms with Crippen molar-refractivity contribution in [2.45, 2.75) is 32.8 Å². The largest absolute Gasteiger partial charge is 0.496 e. The molecule has 0 aliphatic rings. The van der Waals surface area contributed by atoms with Crippen molar-refractivity contribution in [1.29, 1.82) is 0 Å². The molecule has 2 nitrogen and oxygen atoms in total. The van der Waals surface area contributed by atoms with E-state index in [2.05, 4.69) is 15.9 Å². The number of methoxy groups -OCH3 is 1. The third kappa shape index (κ3) is 2.83. The fourth-order valence-corrected chi connectivity index (χ4v) is 2.49. The van der Waals surface area contributed by atoms with Gasteiger partial charge in [-0.25, -0.2) is 0 Å². The van der Waals surface area contributed by atoms with Crippen LogP contribution in [0.4, 0.5) is 0 Å². The number of rotatable bonds is 4. The summed E-state index contributed by atoms with van der Waals surface area (Å²) in [4.78, 5) is 0. The Morgan fingerprint density at radius 3 is 2.50 bits per heavy atom. The molecule has 0 saturated heterocycles. The third-order valence-electron chi connectivity index (χ3n) is 2.23. The highest BCUT2D eigenvalue weighted by Crippen LogP contribution is 2.38. The zero-order chi connectivity index (χ0) is 12.3. The SMILES string of the molecule is COc1c(C)c(OC(C)C)cc(Br)c1CCl. The van der Waals surface area contributed by atoms with Crippen molar-refractivity contribution in [1.82, 2.24) is 0 Å². The lowest BCUT2D eigenvalue weighted by Crippen LogP contribution is -2.08. The average molecular weight is 308 g/mol. The minimum atomic E-state index is 0.136. The molecule has 16 heavy (non-hydrogen) atoms. The van der Waals surface area contributed by atoms with Gasteiger partial charge < -0.3 is 9.47 Å². The Hall–Kier alpha value is -0.410. The molecule has 1 aromatic carbocycles. The second-order valence-corrected chi connectivity index (χ2v) is 4.92. The van der Waals surface area contributed by atoms with E-state index in [1.165, 1.54) is 0 Å². The Kier molecular flexibility index (Phi) is 4.93. The number of benzene rings is 1. The highest BCUT2D eigenvalue weighted by Gasteiger charge is 2.15. The van der Waals surface area contributed by atoms with Crippen LogP contribution >= 0.6 is 27.5 Å². The maximum atomic E-state index is 5.90. The summed E-state index contributed by atoms with van der Waals surface area (Å²) in [6, 6.07) is 1.94. The van der Waals surface area contributed by atoms with Gasteiger partial charge in [0.1, 0.15) is 11.5 Å². The molecule has 90 valence electrons. The molecule has 0 spiro atoms. The van der Waals surface area contributed by atoms with Crippen LogP contribution in [0.3, 0.4) is 0 Å². The lowest BCUT2D eigenvalue weighted by molar-refractivity contribution is 0.239. The molecule has 0 radical (unpaired) electrons. The number of hydrogen-bond donors (Lipinski definition) is 0. The van der Waals surface area contributed by atoms with E-state index in [0.29, 0.717) is 5.88 Å². The summed E-state index contributed by atoms with van der Waals surface area (Å²) in [6.07, 6.45) is 0.136. The maximum Gasteiger partial charge on any atom is 0.131 e. The van der Waals surface area contributed by atoms with Gasteiger partial charge in [0.25, 0.3) is 0 Å². The van der Waals surface area contributed by atoms with Gasteiger partial charge in [0.05, 0.1) is 19.1 Å². The molecular formula is C12H16BrClO2. The molecule has 1 aromatic rings. The summed E-state index contributed by atoms with van der Waals surface area (Å²) in [6.45, 7) is 5.96. The second-order valence-electron chi connectivity index (χ2n) is 3.79. The van der Waals surface area contributed by atoms with Crippen LogP contribution in [0.15, 0.2) is 10.5 Å². The molecule has 0 amide bonds. The molecule has 0 aromatic heterocycles. The van der Waals surface area contributed by atoms with Crippen LogP contribution in [0.25, 0.3) is 0 Å². The van der Waals surface area contributed by atoms with Crippen molar-refractivity contribution in [3.05, 3.63) is 21.7 Å². The molecule has 0 aliphatic carbocycles. The molecule has 1 rings (SSSR count). The van der Waals surface area contributed by atoms with Crippen LogP contribution < -0.4 is 9.47 Å². The molecule has 0 unspecified atom stereocenters. The molecule has 0 atom stereocenters. The molecule has 4 heteroatoms. The lowest BCUT2D eigenvalue weighted by atomic mass is 10.1. The number of ether oxygens (including phenoxy) is 2. The Morgan fingerprint density at radius 1 is 1.44 bits per heavy atom. The Bertz CT molecular complexity index is 378. The fourth-order valence-electron chi connectivity index (χ4n) is 1.53. The summed E-state index contributed by atoms with van der Waals surface area (Å²) in [5.74, 6) is 2.03. The number of alkyl halides is 1. The van der Waals surface area contributed by atoms with E-state index in [0.717, 1.165) is 27.1 Å². The van der Waals surface area contributed by atoms with Gasteiger partial charge in [0.2, 0.25) is 0 Å². The highest BCUT2D eigenvalue weighted by molar-refractivity contribution is 9.10. The minimum absolute atomic E-state index is 0.136. The van der Waals surface area contributed by atoms with E-state index < -0.39 is 0 Å². The molecule has 0 bridgehead atoms. The van der Waals surface area contributed by atoms with Crippen molar-refractivity contribution < 1.29 is 9.47 Å². The van der Waals surface area contributed by atoms with Gasteiger partial charge in [-0.05, 0) is 26.8 Å². The normalized spacial score (nSPS) is 10.7. The summed E-state index contributed by atoms with van der Waals surface area (Å²) in [7, 11) is 1.64. The standard InChI is InChI=1S/C12H16BrClO2/c1-7(2)16-11-5-10(13)9(6-14)12(15-4)8(11)3/h5,7H,6H2,1-4H3. The van der Waals surface area contributed by atoms with Gasteiger partial charge in [-0.15, -0.1) is 11.6 Å². The monoisotopic (exact) mass is 306 g/mol. The van der Waals surface area contributed by atoms with E-state index in [-0.39, 0.29) is 6.10 Å². The van der Waals surface area contributed by atoms with Crippen molar-refractivity contribution >= 4 is 27.5 Å². The van der Waals surface area contributed by atoms with E-state index in [1.54, 1.807) is 7.11 Å². The van der Waals surface area contributed by atoms with Gasteiger partial charge in [0, 0.05) is 15.6 Å². The predicted molar refractivity (Wildman–Crippen MR) is 70.8 cm³/mol. The van der Waals surface area contributed by atoms with Crippen LogP contribution in [0, 0.1) is 6.92 Å².